The second-order valence-electron chi connectivity index (χ2n) is 8.41. The van der Waals surface area contributed by atoms with E-state index in [9.17, 15) is 27.2 Å². The van der Waals surface area contributed by atoms with Gasteiger partial charge in [0.1, 0.15) is 5.82 Å². The Balaban J connectivity index is 2.00. The van der Waals surface area contributed by atoms with Gasteiger partial charge in [-0.1, -0.05) is 37.4 Å². The summed E-state index contributed by atoms with van der Waals surface area (Å²) in [5.41, 5.74) is 0.961. The summed E-state index contributed by atoms with van der Waals surface area (Å²) in [6.45, 7) is 9.69. The minimum atomic E-state index is -2.16. The van der Waals surface area contributed by atoms with Crippen molar-refractivity contribution < 1.29 is 50.5 Å². The molecule has 0 aliphatic rings. The number of hydrogen-bond acceptors (Lipinski definition) is 6. The van der Waals surface area contributed by atoms with Gasteiger partial charge in [0.05, 0.1) is 0 Å². The standard InChI is InChI=1S/C30H21F5O6/c1-16(2)29(36)40-23-9-6-19(12-25(23)38-14-27(32)33)18-5-8-21(22(31)11-18)20-7-10-24(41-30(37)17(3)4)26(13-20)39-15-28(34)35/h5-15H,1,3H2,2,4H3. The average Bonchev–Trinajstić information content (AvgIpc) is 2.91. The molecule has 0 amide bonds. The Morgan fingerprint density at radius 1 is 0.634 bits per heavy atom. The largest absolute Gasteiger partial charge is 0.455 e. The fraction of sp³-hybridized carbons (Fsp3) is 0.0667. The number of esters is 2. The number of benzene rings is 3. The van der Waals surface area contributed by atoms with Crippen molar-refractivity contribution in [3.8, 4) is 45.3 Å². The average molecular weight is 572 g/mol. The zero-order valence-corrected chi connectivity index (χ0v) is 21.6. The quantitative estimate of drug-likeness (QED) is 0.0800. The molecule has 0 fully saturated rings. The van der Waals surface area contributed by atoms with Gasteiger partial charge < -0.3 is 18.9 Å². The van der Waals surface area contributed by atoms with Crippen molar-refractivity contribution in [1.82, 2.24) is 0 Å². The van der Waals surface area contributed by atoms with E-state index >= 15 is 4.39 Å². The van der Waals surface area contributed by atoms with Crippen LogP contribution in [0.1, 0.15) is 13.8 Å². The highest BCUT2D eigenvalue weighted by Crippen LogP contribution is 2.38. The summed E-state index contributed by atoms with van der Waals surface area (Å²) in [5.74, 6) is -3.28. The lowest BCUT2D eigenvalue weighted by molar-refractivity contribution is -0.131. The molecule has 0 spiro atoms. The van der Waals surface area contributed by atoms with Crippen molar-refractivity contribution >= 4 is 11.9 Å². The third kappa shape index (κ3) is 8.15. The van der Waals surface area contributed by atoms with E-state index in [1.165, 1.54) is 62.4 Å². The van der Waals surface area contributed by atoms with E-state index in [0.717, 1.165) is 6.07 Å². The van der Waals surface area contributed by atoms with E-state index in [1.807, 2.05) is 0 Å². The highest BCUT2D eigenvalue weighted by molar-refractivity contribution is 5.90. The molecule has 0 radical (unpaired) electrons. The van der Waals surface area contributed by atoms with E-state index in [1.54, 1.807) is 0 Å². The van der Waals surface area contributed by atoms with Crippen LogP contribution in [-0.2, 0) is 9.59 Å². The molecular weight excluding hydrogens is 551 g/mol. The first-order valence-electron chi connectivity index (χ1n) is 11.5. The Kier molecular flexibility index (Phi) is 9.81. The Morgan fingerprint density at radius 3 is 1.49 bits per heavy atom. The number of carbonyl (C=O) groups is 2. The molecule has 212 valence electrons. The summed E-state index contributed by atoms with van der Waals surface area (Å²) >= 11 is 0. The molecule has 11 heteroatoms. The molecule has 6 nitrogen and oxygen atoms in total. The Hall–Kier alpha value is -5.19. The van der Waals surface area contributed by atoms with Crippen molar-refractivity contribution in [1.29, 1.82) is 0 Å². The highest BCUT2D eigenvalue weighted by atomic mass is 19.3. The molecule has 0 aliphatic carbocycles. The zero-order valence-electron chi connectivity index (χ0n) is 21.6. The van der Waals surface area contributed by atoms with Crippen molar-refractivity contribution in [2.24, 2.45) is 0 Å². The van der Waals surface area contributed by atoms with Gasteiger partial charge in [0, 0.05) is 16.7 Å². The molecule has 0 atom stereocenters. The van der Waals surface area contributed by atoms with E-state index in [4.69, 9.17) is 18.9 Å². The van der Waals surface area contributed by atoms with Crippen LogP contribution in [0.4, 0.5) is 22.0 Å². The van der Waals surface area contributed by atoms with Crippen LogP contribution in [-0.4, -0.2) is 11.9 Å². The third-order valence-corrected chi connectivity index (χ3v) is 5.15. The molecular formula is C30H21F5O6. The summed E-state index contributed by atoms with van der Waals surface area (Å²) in [4.78, 5) is 23.8. The van der Waals surface area contributed by atoms with E-state index in [0.29, 0.717) is 11.1 Å². The Bertz CT molecular complexity index is 1580. The van der Waals surface area contributed by atoms with Gasteiger partial charge in [0.15, 0.2) is 35.5 Å². The Morgan fingerprint density at radius 2 is 1.05 bits per heavy atom. The van der Waals surface area contributed by atoms with Crippen LogP contribution in [0.3, 0.4) is 0 Å². The highest BCUT2D eigenvalue weighted by Gasteiger charge is 2.17. The number of hydrogen-bond donors (Lipinski definition) is 0. The van der Waals surface area contributed by atoms with Gasteiger partial charge in [-0.15, -0.1) is 0 Å². The van der Waals surface area contributed by atoms with Crippen LogP contribution in [0, 0.1) is 5.82 Å². The summed E-state index contributed by atoms with van der Waals surface area (Å²) in [5, 5.41) is 0. The lowest BCUT2D eigenvalue weighted by Crippen LogP contribution is -2.09. The fourth-order valence-corrected chi connectivity index (χ4v) is 3.23. The van der Waals surface area contributed by atoms with Crippen molar-refractivity contribution in [2.45, 2.75) is 13.8 Å². The third-order valence-electron chi connectivity index (χ3n) is 5.15. The number of rotatable bonds is 10. The summed E-state index contributed by atoms with van der Waals surface area (Å²) < 4.78 is 86.0. The number of carbonyl (C=O) groups excluding carboxylic acids is 2. The first-order valence-corrected chi connectivity index (χ1v) is 11.5. The first-order chi connectivity index (χ1) is 19.3. The Labute approximate surface area is 231 Å². The predicted octanol–water partition coefficient (Wildman–Crippen LogP) is 8.36. The fourth-order valence-electron chi connectivity index (χ4n) is 3.23. The van der Waals surface area contributed by atoms with Crippen molar-refractivity contribution in [3.05, 3.63) is 109 Å². The topological polar surface area (TPSA) is 71.1 Å². The molecule has 0 aliphatic heterocycles. The minimum Gasteiger partial charge on any atom is -0.455 e. The van der Waals surface area contributed by atoms with Crippen LogP contribution in [0.15, 0.2) is 104 Å². The lowest BCUT2D eigenvalue weighted by Gasteiger charge is -2.13. The SMILES string of the molecule is C=C(C)C(=O)Oc1ccc(-c2ccc(-c3ccc(OC(=O)C(=C)C)c(OC=C(F)F)c3)c(F)c2)cc1OC=C(F)F. The van der Waals surface area contributed by atoms with Crippen LogP contribution in [0.5, 0.6) is 23.0 Å². The van der Waals surface area contributed by atoms with Crippen LogP contribution >= 0.6 is 0 Å². The van der Waals surface area contributed by atoms with Gasteiger partial charge in [-0.05, 0) is 60.9 Å². The molecule has 0 saturated carbocycles. The molecule has 3 rings (SSSR count). The monoisotopic (exact) mass is 572 g/mol. The van der Waals surface area contributed by atoms with Crippen LogP contribution in [0.2, 0.25) is 0 Å². The van der Waals surface area contributed by atoms with Gasteiger partial charge >= 0.3 is 24.1 Å². The van der Waals surface area contributed by atoms with Gasteiger partial charge in [-0.2, -0.15) is 17.6 Å². The molecule has 0 aromatic heterocycles. The summed E-state index contributed by atoms with van der Waals surface area (Å²) in [7, 11) is 0. The molecule has 41 heavy (non-hydrogen) atoms. The van der Waals surface area contributed by atoms with Crippen molar-refractivity contribution in [3.63, 3.8) is 0 Å². The van der Waals surface area contributed by atoms with Crippen molar-refractivity contribution in [2.75, 3.05) is 0 Å². The summed E-state index contributed by atoms with van der Waals surface area (Å²) in [6.07, 6.45) is -4.01. The second-order valence-corrected chi connectivity index (χ2v) is 8.41. The smallest absolute Gasteiger partial charge is 0.338 e. The maximum absolute atomic E-state index is 15.3. The van der Waals surface area contributed by atoms with E-state index in [2.05, 4.69) is 13.2 Å². The maximum atomic E-state index is 15.3. The molecule has 0 saturated heterocycles. The minimum absolute atomic E-state index is 0.0343. The molecule has 3 aromatic rings. The molecule has 0 unspecified atom stereocenters. The van der Waals surface area contributed by atoms with Gasteiger partial charge in [-0.3, -0.25) is 0 Å². The van der Waals surface area contributed by atoms with Gasteiger partial charge in [0.2, 0.25) is 0 Å². The maximum Gasteiger partial charge on any atom is 0.338 e. The molecule has 0 N–H and O–H groups in total. The predicted molar refractivity (Wildman–Crippen MR) is 140 cm³/mol. The zero-order chi connectivity index (χ0) is 30.3. The van der Waals surface area contributed by atoms with Crippen LogP contribution < -0.4 is 18.9 Å². The summed E-state index contributed by atoms with van der Waals surface area (Å²) in [6, 6.07) is 11.8. The van der Waals surface area contributed by atoms with Gasteiger partial charge in [-0.25, -0.2) is 14.0 Å². The molecule has 3 aromatic carbocycles. The van der Waals surface area contributed by atoms with Crippen LogP contribution in [0.25, 0.3) is 22.3 Å². The second kappa shape index (κ2) is 13.2. The van der Waals surface area contributed by atoms with E-state index in [-0.39, 0.29) is 57.8 Å². The number of ether oxygens (including phenoxy) is 4. The first kappa shape index (κ1) is 30.4. The van der Waals surface area contributed by atoms with E-state index < -0.39 is 29.9 Å². The normalized spacial score (nSPS) is 10.2. The number of halogens is 5. The molecule has 0 heterocycles. The van der Waals surface area contributed by atoms with Gasteiger partial charge in [0.25, 0.3) is 0 Å². The lowest BCUT2D eigenvalue weighted by atomic mass is 9.99. The molecule has 0 bridgehead atoms.